The highest BCUT2D eigenvalue weighted by Crippen LogP contribution is 2.41. The van der Waals surface area contributed by atoms with Gasteiger partial charge in [0.2, 0.25) is 5.91 Å². The van der Waals surface area contributed by atoms with Gasteiger partial charge in [0.05, 0.1) is 11.4 Å². The third-order valence-corrected chi connectivity index (χ3v) is 7.52. The van der Waals surface area contributed by atoms with Crippen LogP contribution in [0.25, 0.3) is 5.69 Å². The average molecular weight is 466 g/mol. The summed E-state index contributed by atoms with van der Waals surface area (Å²) in [5.41, 5.74) is 0.741. The predicted octanol–water partition coefficient (Wildman–Crippen LogP) is 3.25. The fourth-order valence-electron chi connectivity index (χ4n) is 3.72. The molecule has 0 bridgehead atoms. The molecule has 0 N–H and O–H groups in total. The number of anilines is 1. The first-order valence-corrected chi connectivity index (χ1v) is 11.4. The summed E-state index contributed by atoms with van der Waals surface area (Å²) in [5, 5.41) is -0.972. The molecule has 2 aromatic carbocycles. The van der Waals surface area contributed by atoms with E-state index in [0.29, 0.717) is 16.4 Å². The highest BCUT2D eigenvalue weighted by atomic mass is 35.5. The van der Waals surface area contributed by atoms with E-state index in [1.54, 1.807) is 42.9 Å². The lowest BCUT2D eigenvalue weighted by Crippen LogP contribution is -2.34. The van der Waals surface area contributed by atoms with Crippen molar-refractivity contribution >= 4 is 44.6 Å². The third-order valence-electron chi connectivity index (χ3n) is 5.16. The molecule has 2 heterocycles. The van der Waals surface area contributed by atoms with Gasteiger partial charge in [-0.3, -0.25) is 19.2 Å². The lowest BCUT2D eigenvalue weighted by Gasteiger charge is -2.23. The van der Waals surface area contributed by atoms with E-state index in [9.17, 15) is 18.0 Å². The molecule has 0 radical (unpaired) electrons. The van der Waals surface area contributed by atoms with Crippen LogP contribution in [0.5, 0.6) is 0 Å². The number of halogens is 2. The average Bonchev–Trinajstić information content (AvgIpc) is 3.04. The number of amides is 1. The smallest absolute Gasteiger partial charge is 0.283 e. The molecule has 4 rings (SSSR count). The molecule has 30 heavy (non-hydrogen) atoms. The van der Waals surface area contributed by atoms with Gasteiger partial charge in [0.25, 0.3) is 5.56 Å². The van der Waals surface area contributed by atoms with Crippen molar-refractivity contribution < 1.29 is 13.2 Å². The predicted molar refractivity (Wildman–Crippen MR) is 116 cm³/mol. The quantitative estimate of drug-likeness (QED) is 0.594. The number of rotatable bonds is 3. The first-order valence-electron chi connectivity index (χ1n) is 8.96. The maximum Gasteiger partial charge on any atom is 0.295 e. The minimum Gasteiger partial charge on any atom is -0.283 e. The number of benzene rings is 2. The second-order valence-corrected chi connectivity index (χ2v) is 9.90. The Morgan fingerprint density at radius 1 is 1.03 bits per heavy atom. The number of hydrogen-bond acceptors (Lipinski definition) is 4. The summed E-state index contributed by atoms with van der Waals surface area (Å²) < 4.78 is 28.8. The van der Waals surface area contributed by atoms with E-state index in [-0.39, 0.29) is 16.3 Å². The maximum absolute atomic E-state index is 13.4. The molecule has 0 saturated carbocycles. The molecule has 156 valence electrons. The Kier molecular flexibility index (Phi) is 5.04. The molecule has 7 nitrogen and oxygen atoms in total. The van der Waals surface area contributed by atoms with Crippen LogP contribution >= 0.6 is 23.2 Å². The van der Waals surface area contributed by atoms with Crippen LogP contribution < -0.4 is 10.5 Å². The van der Waals surface area contributed by atoms with E-state index >= 15 is 0 Å². The normalized spacial score (nSPS) is 18.2. The number of hydrogen-bond donors (Lipinski definition) is 0. The molecule has 1 aromatic heterocycles. The third kappa shape index (κ3) is 3.15. The first-order chi connectivity index (χ1) is 14.1. The minimum absolute atomic E-state index is 0.00319. The van der Waals surface area contributed by atoms with Gasteiger partial charge in [0, 0.05) is 22.7 Å². The second-order valence-electron chi connectivity index (χ2n) is 7.00. The number of nitrogens with zero attached hydrogens (tertiary/aromatic N) is 3. The van der Waals surface area contributed by atoms with Crippen LogP contribution in [0.1, 0.15) is 16.6 Å². The number of carbonyl (C=O) groups is 1. The van der Waals surface area contributed by atoms with Crippen LogP contribution in [-0.4, -0.2) is 29.4 Å². The van der Waals surface area contributed by atoms with Gasteiger partial charge in [-0.15, -0.1) is 0 Å². The number of carbonyl (C=O) groups excluding carboxylic acids is 1. The van der Waals surface area contributed by atoms with Crippen LogP contribution in [0.3, 0.4) is 0 Å². The molecule has 0 spiro atoms. The van der Waals surface area contributed by atoms with Gasteiger partial charge < -0.3 is 0 Å². The molecular weight excluding hydrogens is 449 g/mol. The van der Waals surface area contributed by atoms with Gasteiger partial charge in [-0.1, -0.05) is 47.5 Å². The Labute approximate surface area is 182 Å². The van der Waals surface area contributed by atoms with Crippen molar-refractivity contribution in [2.75, 3.05) is 10.7 Å². The summed E-state index contributed by atoms with van der Waals surface area (Å²) in [6, 6.07) is 13.3. The molecule has 1 saturated heterocycles. The Morgan fingerprint density at radius 3 is 2.33 bits per heavy atom. The second kappa shape index (κ2) is 7.30. The lowest BCUT2D eigenvalue weighted by atomic mass is 10.2. The Morgan fingerprint density at radius 2 is 1.70 bits per heavy atom. The maximum atomic E-state index is 13.4. The van der Waals surface area contributed by atoms with Crippen LogP contribution in [0, 0.1) is 6.92 Å². The van der Waals surface area contributed by atoms with Crippen LogP contribution in [0.2, 0.25) is 10.0 Å². The summed E-state index contributed by atoms with van der Waals surface area (Å²) in [6.45, 7) is 1.66. The molecule has 1 fully saturated rings. The van der Waals surface area contributed by atoms with Gasteiger partial charge in [-0.05, 0) is 31.2 Å². The molecule has 1 aliphatic heterocycles. The van der Waals surface area contributed by atoms with Crippen molar-refractivity contribution in [2.24, 2.45) is 7.05 Å². The van der Waals surface area contributed by atoms with Crippen LogP contribution in [0.15, 0.2) is 53.3 Å². The fourth-order valence-corrected chi connectivity index (χ4v) is 6.07. The van der Waals surface area contributed by atoms with E-state index in [1.807, 2.05) is 6.07 Å². The van der Waals surface area contributed by atoms with Crippen molar-refractivity contribution in [1.29, 1.82) is 0 Å². The summed E-state index contributed by atoms with van der Waals surface area (Å²) in [4.78, 5) is 27.2. The minimum atomic E-state index is -3.93. The molecule has 0 unspecified atom stereocenters. The van der Waals surface area contributed by atoms with Crippen molar-refractivity contribution in [2.45, 2.75) is 12.3 Å². The van der Waals surface area contributed by atoms with Crippen molar-refractivity contribution in [3.05, 3.63) is 80.2 Å². The Balaban J connectivity index is 1.97. The van der Waals surface area contributed by atoms with E-state index < -0.39 is 32.4 Å². The Hall–Kier alpha value is -2.55. The molecule has 1 aliphatic rings. The molecular formula is C20H17Cl2N3O4S. The van der Waals surface area contributed by atoms with E-state index in [2.05, 4.69) is 0 Å². The van der Waals surface area contributed by atoms with E-state index in [4.69, 9.17) is 23.2 Å². The zero-order chi connectivity index (χ0) is 21.8. The molecule has 1 amide bonds. The Bertz CT molecular complexity index is 1330. The molecule has 10 heteroatoms. The molecule has 3 aromatic rings. The van der Waals surface area contributed by atoms with Crippen molar-refractivity contribution in [3.63, 3.8) is 0 Å². The van der Waals surface area contributed by atoms with Gasteiger partial charge in [-0.2, -0.15) is 0 Å². The van der Waals surface area contributed by atoms with Gasteiger partial charge in [-0.25, -0.2) is 13.1 Å². The zero-order valence-electron chi connectivity index (χ0n) is 16.0. The molecule has 1 atom stereocenters. The largest absolute Gasteiger partial charge is 0.295 e. The summed E-state index contributed by atoms with van der Waals surface area (Å²) in [7, 11) is -2.26. The zero-order valence-corrected chi connectivity index (χ0v) is 18.4. The van der Waals surface area contributed by atoms with Gasteiger partial charge in [0.15, 0.2) is 15.2 Å². The standard InChI is InChI=1S/C20H17Cl2N3O4S/c1-12-18(19(27)25(23(12)2)14-6-4-3-5-7-14)24-17(26)11-30(28,29)20(24)15-9-8-13(21)10-16(15)22/h3-10,20H,11H2,1-2H3/t20-/m0/s1. The monoisotopic (exact) mass is 465 g/mol. The van der Waals surface area contributed by atoms with Crippen molar-refractivity contribution in [1.82, 2.24) is 9.36 Å². The number of para-hydroxylation sites is 1. The highest BCUT2D eigenvalue weighted by molar-refractivity contribution is 7.93. The van der Waals surface area contributed by atoms with Gasteiger partial charge in [0.1, 0.15) is 11.4 Å². The van der Waals surface area contributed by atoms with Crippen LogP contribution in [0.4, 0.5) is 5.69 Å². The lowest BCUT2D eigenvalue weighted by molar-refractivity contribution is -0.115. The number of aromatic nitrogens is 2. The number of sulfone groups is 1. The first kappa shape index (κ1) is 20.7. The van der Waals surface area contributed by atoms with Gasteiger partial charge >= 0.3 is 0 Å². The topological polar surface area (TPSA) is 81.4 Å². The van der Waals surface area contributed by atoms with E-state index in [0.717, 1.165) is 4.90 Å². The van der Waals surface area contributed by atoms with Crippen LogP contribution in [-0.2, 0) is 21.7 Å². The summed E-state index contributed by atoms with van der Waals surface area (Å²) >= 11 is 12.2. The van der Waals surface area contributed by atoms with E-state index in [1.165, 1.54) is 22.9 Å². The summed E-state index contributed by atoms with van der Waals surface area (Å²) in [6.07, 6.45) is 0. The summed E-state index contributed by atoms with van der Waals surface area (Å²) in [5.74, 6) is -1.40. The fraction of sp³-hybridized carbons (Fsp3) is 0.200. The SMILES string of the molecule is Cc1c(N2C(=O)CS(=O)(=O)[C@H]2c2ccc(Cl)cc2Cl)c(=O)n(-c2ccccc2)n1C. The van der Waals surface area contributed by atoms with Crippen molar-refractivity contribution in [3.8, 4) is 5.69 Å². The molecule has 0 aliphatic carbocycles. The highest BCUT2D eigenvalue weighted by Gasteiger charge is 2.48.